The number of rotatable bonds is 9. The van der Waals surface area contributed by atoms with E-state index in [4.69, 9.17) is 4.74 Å². The first-order valence-corrected chi connectivity index (χ1v) is 8.41. The van der Waals surface area contributed by atoms with Crippen molar-refractivity contribution in [1.82, 2.24) is 10.2 Å². The molecule has 1 aliphatic carbocycles. The lowest BCUT2D eigenvalue weighted by Gasteiger charge is -2.33. The van der Waals surface area contributed by atoms with Crippen molar-refractivity contribution in [2.24, 2.45) is 0 Å². The number of nitrogens with zero attached hydrogens (tertiary/aromatic N) is 1. The van der Waals surface area contributed by atoms with Gasteiger partial charge in [-0.2, -0.15) is 0 Å². The molecule has 0 unspecified atom stereocenters. The number of hydrogen-bond acceptors (Lipinski definition) is 2. The van der Waals surface area contributed by atoms with E-state index in [1.165, 1.54) is 38.5 Å². The van der Waals surface area contributed by atoms with E-state index in [0.29, 0.717) is 12.6 Å². The summed E-state index contributed by atoms with van der Waals surface area (Å²) >= 11 is 0. The predicted molar refractivity (Wildman–Crippen MR) is 83.0 cm³/mol. The number of amides is 2. The highest BCUT2D eigenvalue weighted by Crippen LogP contribution is 2.22. The summed E-state index contributed by atoms with van der Waals surface area (Å²) in [5, 5.41) is 3.03. The third kappa shape index (κ3) is 6.60. The van der Waals surface area contributed by atoms with Gasteiger partial charge in [0.1, 0.15) is 0 Å². The molecule has 4 heteroatoms. The van der Waals surface area contributed by atoms with E-state index in [-0.39, 0.29) is 6.03 Å². The summed E-state index contributed by atoms with van der Waals surface area (Å²) in [6, 6.07) is 0.558. The molecular formula is C16H32N2O2. The molecular weight excluding hydrogens is 252 g/mol. The van der Waals surface area contributed by atoms with Crippen LogP contribution in [0.5, 0.6) is 0 Å². The molecule has 0 bridgehead atoms. The second-order valence-corrected chi connectivity index (χ2v) is 5.63. The first-order chi connectivity index (χ1) is 9.79. The van der Waals surface area contributed by atoms with Crippen LogP contribution in [-0.2, 0) is 4.74 Å². The maximum Gasteiger partial charge on any atom is 0.317 e. The number of unbranched alkanes of at least 4 members (excludes halogenated alkanes) is 1. The van der Waals surface area contributed by atoms with Gasteiger partial charge in [-0.05, 0) is 32.6 Å². The van der Waals surface area contributed by atoms with Gasteiger partial charge < -0.3 is 15.0 Å². The molecule has 0 heterocycles. The minimum atomic E-state index is 0.105. The van der Waals surface area contributed by atoms with Crippen LogP contribution in [0.4, 0.5) is 4.79 Å². The number of hydrogen-bond donors (Lipinski definition) is 1. The standard InChI is InChI=1S/C16H32N2O2/c1-3-5-13-20-14-9-12-17-16(19)18(4-2)15-10-7-6-8-11-15/h15H,3-14H2,1-2H3,(H,17,19). The average Bonchev–Trinajstić information content (AvgIpc) is 2.48. The van der Waals surface area contributed by atoms with Gasteiger partial charge in [0.25, 0.3) is 0 Å². The molecule has 118 valence electrons. The monoisotopic (exact) mass is 284 g/mol. The summed E-state index contributed by atoms with van der Waals surface area (Å²) in [5.41, 5.74) is 0. The molecule has 0 radical (unpaired) electrons. The Morgan fingerprint density at radius 1 is 1.15 bits per heavy atom. The summed E-state index contributed by atoms with van der Waals surface area (Å²) in [7, 11) is 0. The van der Waals surface area contributed by atoms with E-state index < -0.39 is 0 Å². The molecule has 0 saturated heterocycles. The van der Waals surface area contributed by atoms with Gasteiger partial charge in [0, 0.05) is 32.3 Å². The minimum absolute atomic E-state index is 0.105. The van der Waals surface area contributed by atoms with Crippen LogP contribution < -0.4 is 5.32 Å². The lowest BCUT2D eigenvalue weighted by atomic mass is 9.94. The molecule has 1 saturated carbocycles. The smallest absolute Gasteiger partial charge is 0.317 e. The molecule has 1 aliphatic rings. The lowest BCUT2D eigenvalue weighted by molar-refractivity contribution is 0.127. The zero-order chi connectivity index (χ0) is 14.6. The third-order valence-corrected chi connectivity index (χ3v) is 4.00. The number of carbonyl (C=O) groups is 1. The predicted octanol–water partition coefficient (Wildman–Crippen LogP) is 3.56. The Kier molecular flexibility index (Phi) is 9.46. The van der Waals surface area contributed by atoms with E-state index in [2.05, 4.69) is 19.2 Å². The Morgan fingerprint density at radius 3 is 2.50 bits per heavy atom. The Bertz CT molecular complexity index is 253. The van der Waals surface area contributed by atoms with Crippen molar-refractivity contribution in [3.05, 3.63) is 0 Å². The zero-order valence-electron chi connectivity index (χ0n) is 13.3. The molecule has 2 amide bonds. The maximum atomic E-state index is 12.2. The van der Waals surface area contributed by atoms with Gasteiger partial charge in [-0.15, -0.1) is 0 Å². The van der Waals surface area contributed by atoms with E-state index in [9.17, 15) is 4.79 Å². The van der Waals surface area contributed by atoms with Crippen molar-refractivity contribution in [2.45, 2.75) is 71.3 Å². The quantitative estimate of drug-likeness (QED) is 0.658. The Balaban J connectivity index is 2.12. The maximum absolute atomic E-state index is 12.2. The highest BCUT2D eigenvalue weighted by Gasteiger charge is 2.23. The highest BCUT2D eigenvalue weighted by atomic mass is 16.5. The van der Waals surface area contributed by atoms with Crippen LogP contribution in [0.3, 0.4) is 0 Å². The number of ether oxygens (including phenoxy) is 1. The fourth-order valence-corrected chi connectivity index (χ4v) is 2.78. The first-order valence-electron chi connectivity index (χ1n) is 8.41. The van der Waals surface area contributed by atoms with E-state index >= 15 is 0 Å². The molecule has 0 spiro atoms. The topological polar surface area (TPSA) is 41.6 Å². The molecule has 20 heavy (non-hydrogen) atoms. The van der Waals surface area contributed by atoms with Gasteiger partial charge in [0.05, 0.1) is 0 Å². The Hall–Kier alpha value is -0.770. The van der Waals surface area contributed by atoms with Crippen molar-refractivity contribution in [3.8, 4) is 0 Å². The van der Waals surface area contributed by atoms with Crippen molar-refractivity contribution in [3.63, 3.8) is 0 Å². The van der Waals surface area contributed by atoms with Crippen LogP contribution >= 0.6 is 0 Å². The second kappa shape index (κ2) is 11.0. The van der Waals surface area contributed by atoms with E-state index in [1.54, 1.807) is 0 Å². The fraction of sp³-hybridized carbons (Fsp3) is 0.938. The first kappa shape index (κ1) is 17.3. The fourth-order valence-electron chi connectivity index (χ4n) is 2.78. The number of nitrogens with one attached hydrogen (secondary N) is 1. The molecule has 1 rings (SSSR count). The van der Waals surface area contributed by atoms with Crippen molar-refractivity contribution in [1.29, 1.82) is 0 Å². The molecule has 4 nitrogen and oxygen atoms in total. The summed E-state index contributed by atoms with van der Waals surface area (Å²) in [6.07, 6.45) is 9.38. The largest absolute Gasteiger partial charge is 0.381 e. The van der Waals surface area contributed by atoms with Gasteiger partial charge >= 0.3 is 6.03 Å². The van der Waals surface area contributed by atoms with E-state index in [1.807, 2.05) is 4.90 Å². The molecule has 1 fully saturated rings. The van der Waals surface area contributed by atoms with Gasteiger partial charge in [-0.25, -0.2) is 4.79 Å². The van der Waals surface area contributed by atoms with Crippen molar-refractivity contribution >= 4 is 6.03 Å². The SMILES string of the molecule is CCCCOCCCNC(=O)N(CC)C1CCCCC1. The minimum Gasteiger partial charge on any atom is -0.381 e. The van der Waals surface area contributed by atoms with Crippen molar-refractivity contribution < 1.29 is 9.53 Å². The summed E-state index contributed by atoms with van der Waals surface area (Å²) in [5.74, 6) is 0. The molecule has 0 aromatic carbocycles. The molecule has 0 aliphatic heterocycles. The molecule has 1 N–H and O–H groups in total. The van der Waals surface area contributed by atoms with Gasteiger partial charge in [-0.1, -0.05) is 32.6 Å². The van der Waals surface area contributed by atoms with Crippen LogP contribution in [-0.4, -0.2) is 43.3 Å². The van der Waals surface area contributed by atoms with Crippen LogP contribution in [0, 0.1) is 0 Å². The lowest BCUT2D eigenvalue weighted by Crippen LogP contribution is -2.47. The molecule has 0 aromatic heterocycles. The van der Waals surface area contributed by atoms with Crippen LogP contribution in [0.1, 0.15) is 65.2 Å². The summed E-state index contributed by atoms with van der Waals surface area (Å²) < 4.78 is 5.49. The Morgan fingerprint density at radius 2 is 1.85 bits per heavy atom. The third-order valence-electron chi connectivity index (χ3n) is 4.00. The van der Waals surface area contributed by atoms with Gasteiger partial charge in [0.15, 0.2) is 0 Å². The van der Waals surface area contributed by atoms with Crippen LogP contribution in [0.15, 0.2) is 0 Å². The molecule has 0 atom stereocenters. The van der Waals surface area contributed by atoms with Gasteiger partial charge in [0.2, 0.25) is 0 Å². The summed E-state index contributed by atoms with van der Waals surface area (Å²) in [6.45, 7) is 7.34. The highest BCUT2D eigenvalue weighted by molar-refractivity contribution is 5.74. The molecule has 0 aromatic rings. The zero-order valence-corrected chi connectivity index (χ0v) is 13.3. The number of carbonyl (C=O) groups excluding carboxylic acids is 1. The number of urea groups is 1. The normalized spacial score (nSPS) is 16.1. The average molecular weight is 284 g/mol. The summed E-state index contributed by atoms with van der Waals surface area (Å²) in [4.78, 5) is 14.2. The Labute approximate surface area is 124 Å². The van der Waals surface area contributed by atoms with Crippen LogP contribution in [0.25, 0.3) is 0 Å². The van der Waals surface area contributed by atoms with Gasteiger partial charge in [-0.3, -0.25) is 0 Å². The second-order valence-electron chi connectivity index (χ2n) is 5.63. The van der Waals surface area contributed by atoms with Crippen LogP contribution in [0.2, 0.25) is 0 Å². The van der Waals surface area contributed by atoms with E-state index in [0.717, 1.165) is 32.6 Å². The van der Waals surface area contributed by atoms with Crippen molar-refractivity contribution in [2.75, 3.05) is 26.3 Å².